The second-order valence-corrected chi connectivity index (χ2v) is 7.14. The monoisotopic (exact) mass is 326 g/mol. The van der Waals surface area contributed by atoms with E-state index < -0.39 is 10.0 Å². The van der Waals surface area contributed by atoms with Gasteiger partial charge in [-0.25, -0.2) is 13.1 Å². The molecule has 0 saturated heterocycles. The summed E-state index contributed by atoms with van der Waals surface area (Å²) >= 11 is 0. The van der Waals surface area contributed by atoms with Gasteiger partial charge in [0.05, 0.1) is 11.5 Å². The topological polar surface area (TPSA) is 84.5 Å². The molecule has 1 aliphatic rings. The molecule has 1 aromatic rings. The first-order valence-electron chi connectivity index (χ1n) is 7.42. The summed E-state index contributed by atoms with van der Waals surface area (Å²) in [6.07, 6.45) is 4.33. The summed E-state index contributed by atoms with van der Waals surface area (Å²) in [6.45, 7) is 0.518. The van der Waals surface area contributed by atoms with Gasteiger partial charge in [0.15, 0.2) is 0 Å². The van der Waals surface area contributed by atoms with E-state index in [0.29, 0.717) is 12.2 Å². The van der Waals surface area contributed by atoms with Gasteiger partial charge in [-0.1, -0.05) is 12.8 Å². The fourth-order valence-electron chi connectivity index (χ4n) is 2.49. The summed E-state index contributed by atoms with van der Waals surface area (Å²) in [7, 11) is -2.05. The minimum atomic E-state index is -3.56. The minimum Gasteiger partial charge on any atom is -0.383 e. The number of sulfonamides is 1. The van der Waals surface area contributed by atoms with Crippen molar-refractivity contribution in [3.05, 3.63) is 29.8 Å². The molecule has 6 nitrogen and oxygen atoms in total. The number of benzene rings is 1. The first-order chi connectivity index (χ1) is 10.5. The lowest BCUT2D eigenvalue weighted by Crippen LogP contribution is -2.32. The predicted molar refractivity (Wildman–Crippen MR) is 83.2 cm³/mol. The Morgan fingerprint density at radius 1 is 1.23 bits per heavy atom. The van der Waals surface area contributed by atoms with Gasteiger partial charge in [-0.05, 0) is 37.1 Å². The van der Waals surface area contributed by atoms with Crippen molar-refractivity contribution in [1.82, 2.24) is 10.0 Å². The smallest absolute Gasteiger partial charge is 0.251 e. The summed E-state index contributed by atoms with van der Waals surface area (Å²) in [5.41, 5.74) is 0.475. The molecule has 2 N–H and O–H groups in total. The summed E-state index contributed by atoms with van der Waals surface area (Å²) in [6, 6.07) is 6.20. The van der Waals surface area contributed by atoms with Crippen LogP contribution in [0.5, 0.6) is 0 Å². The van der Waals surface area contributed by atoms with Crippen molar-refractivity contribution in [3.63, 3.8) is 0 Å². The van der Waals surface area contributed by atoms with E-state index in [2.05, 4.69) is 10.0 Å². The fourth-order valence-corrected chi connectivity index (χ4v) is 3.50. The van der Waals surface area contributed by atoms with Crippen molar-refractivity contribution in [1.29, 1.82) is 0 Å². The van der Waals surface area contributed by atoms with Gasteiger partial charge < -0.3 is 10.1 Å². The van der Waals surface area contributed by atoms with Crippen LogP contribution in [0.4, 0.5) is 0 Å². The lowest BCUT2D eigenvalue weighted by molar-refractivity contribution is 0.0938. The summed E-state index contributed by atoms with van der Waals surface area (Å²) in [5, 5.41) is 2.97. The molecule has 122 valence electrons. The van der Waals surface area contributed by atoms with E-state index in [4.69, 9.17) is 4.74 Å². The Morgan fingerprint density at radius 2 is 1.86 bits per heavy atom. The number of hydrogen-bond acceptors (Lipinski definition) is 4. The van der Waals surface area contributed by atoms with Crippen LogP contribution in [0.15, 0.2) is 29.2 Å². The van der Waals surface area contributed by atoms with E-state index in [9.17, 15) is 13.2 Å². The molecule has 7 heteroatoms. The van der Waals surface area contributed by atoms with Crippen LogP contribution in [-0.2, 0) is 14.8 Å². The van der Waals surface area contributed by atoms with E-state index in [1.54, 1.807) is 0 Å². The minimum absolute atomic E-state index is 0.140. The Bertz CT molecular complexity index is 592. The molecule has 0 heterocycles. The number of carbonyl (C=O) groups is 1. The zero-order chi connectivity index (χ0) is 16.0. The molecule has 1 aromatic carbocycles. The lowest BCUT2D eigenvalue weighted by atomic mass is 10.2. The maximum atomic E-state index is 12.1. The average molecular weight is 326 g/mol. The third-order valence-electron chi connectivity index (χ3n) is 3.72. The van der Waals surface area contributed by atoms with Crippen molar-refractivity contribution in [2.75, 3.05) is 20.3 Å². The molecule has 1 saturated carbocycles. The molecular formula is C15H22N2O4S. The normalized spacial score (nSPS) is 15.9. The quantitative estimate of drug-likeness (QED) is 0.739. The fraction of sp³-hybridized carbons (Fsp3) is 0.533. The highest BCUT2D eigenvalue weighted by Gasteiger charge is 2.19. The second-order valence-electron chi connectivity index (χ2n) is 5.37. The maximum absolute atomic E-state index is 12.1. The first kappa shape index (κ1) is 16.9. The number of amides is 1. The summed E-state index contributed by atoms with van der Waals surface area (Å²) < 4.78 is 31.2. The van der Waals surface area contributed by atoms with Crippen LogP contribution in [0.3, 0.4) is 0 Å². The number of nitrogens with one attached hydrogen (secondary N) is 2. The molecule has 0 radical (unpaired) electrons. The number of hydrogen-bond donors (Lipinski definition) is 2. The molecule has 0 atom stereocenters. The number of carbonyl (C=O) groups excluding carboxylic acids is 1. The molecule has 2 rings (SSSR count). The van der Waals surface area contributed by atoms with Crippen molar-refractivity contribution < 1.29 is 17.9 Å². The molecule has 1 amide bonds. The van der Waals surface area contributed by atoms with Crippen LogP contribution in [-0.4, -0.2) is 40.6 Å². The Balaban J connectivity index is 1.98. The number of methoxy groups -OCH3 is 1. The van der Waals surface area contributed by atoms with Gasteiger partial charge in [-0.15, -0.1) is 0 Å². The van der Waals surface area contributed by atoms with E-state index in [0.717, 1.165) is 25.7 Å². The highest BCUT2D eigenvalue weighted by atomic mass is 32.2. The Morgan fingerprint density at radius 3 is 2.45 bits per heavy atom. The third-order valence-corrected chi connectivity index (χ3v) is 5.19. The van der Waals surface area contributed by atoms with Crippen LogP contribution in [0.2, 0.25) is 0 Å². The molecule has 22 heavy (non-hydrogen) atoms. The highest BCUT2D eigenvalue weighted by molar-refractivity contribution is 7.89. The van der Waals surface area contributed by atoms with Gasteiger partial charge in [0.2, 0.25) is 10.0 Å². The summed E-state index contributed by atoms with van der Waals surface area (Å²) in [4.78, 5) is 12.2. The van der Waals surface area contributed by atoms with Crippen molar-refractivity contribution in [2.24, 2.45) is 0 Å². The van der Waals surface area contributed by atoms with Crippen LogP contribution in [0, 0.1) is 0 Å². The van der Waals surface area contributed by atoms with E-state index in [1.807, 2.05) is 0 Å². The molecule has 1 fully saturated rings. The molecular weight excluding hydrogens is 304 g/mol. The van der Waals surface area contributed by atoms with Gasteiger partial charge in [0, 0.05) is 25.3 Å². The number of ether oxygens (including phenoxy) is 1. The lowest BCUT2D eigenvalue weighted by Gasteiger charge is -2.12. The molecule has 0 spiro atoms. The largest absolute Gasteiger partial charge is 0.383 e. The van der Waals surface area contributed by atoms with Gasteiger partial charge in [-0.2, -0.15) is 0 Å². The zero-order valence-electron chi connectivity index (χ0n) is 12.7. The molecule has 0 bridgehead atoms. The third kappa shape index (κ3) is 4.53. The van der Waals surface area contributed by atoms with Crippen LogP contribution in [0.25, 0.3) is 0 Å². The standard InChI is InChI=1S/C15H22N2O4S/c1-21-11-10-16-22(19,20)14-8-6-12(7-9-14)15(18)17-13-4-2-3-5-13/h6-9,13,16H,2-5,10-11H2,1H3,(H,17,18). The number of rotatable bonds is 7. The van der Waals surface area contributed by atoms with Gasteiger partial charge >= 0.3 is 0 Å². The van der Waals surface area contributed by atoms with Gasteiger partial charge in [-0.3, -0.25) is 4.79 Å². The van der Waals surface area contributed by atoms with Crippen molar-refractivity contribution in [2.45, 2.75) is 36.6 Å². The van der Waals surface area contributed by atoms with Crippen molar-refractivity contribution in [3.8, 4) is 0 Å². The van der Waals surface area contributed by atoms with Crippen LogP contribution >= 0.6 is 0 Å². The second kappa shape index (κ2) is 7.71. The van der Waals surface area contributed by atoms with Crippen LogP contribution in [0.1, 0.15) is 36.0 Å². The summed E-state index contributed by atoms with van der Waals surface area (Å²) in [5.74, 6) is -0.150. The van der Waals surface area contributed by atoms with Gasteiger partial charge in [0.1, 0.15) is 0 Å². The molecule has 0 aliphatic heterocycles. The molecule has 0 unspecified atom stereocenters. The highest BCUT2D eigenvalue weighted by Crippen LogP contribution is 2.18. The van der Waals surface area contributed by atoms with Crippen LogP contribution < -0.4 is 10.0 Å². The SMILES string of the molecule is COCCNS(=O)(=O)c1ccc(C(=O)NC2CCCC2)cc1. The Labute approximate surface area is 131 Å². The first-order valence-corrected chi connectivity index (χ1v) is 8.91. The van der Waals surface area contributed by atoms with Gasteiger partial charge in [0.25, 0.3) is 5.91 Å². The average Bonchev–Trinajstić information content (AvgIpc) is 3.00. The van der Waals surface area contributed by atoms with Crippen molar-refractivity contribution >= 4 is 15.9 Å². The predicted octanol–water partition coefficient (Wildman–Crippen LogP) is 1.28. The Hall–Kier alpha value is -1.44. The molecule has 0 aromatic heterocycles. The van der Waals surface area contributed by atoms with E-state index >= 15 is 0 Å². The Kier molecular flexibility index (Phi) is 5.93. The molecule has 1 aliphatic carbocycles. The van der Waals surface area contributed by atoms with E-state index in [-0.39, 0.29) is 23.4 Å². The van der Waals surface area contributed by atoms with E-state index in [1.165, 1.54) is 31.4 Å². The zero-order valence-corrected chi connectivity index (χ0v) is 13.5. The maximum Gasteiger partial charge on any atom is 0.251 e.